The van der Waals surface area contributed by atoms with Gasteiger partial charge < -0.3 is 4.74 Å². The molecule has 0 saturated carbocycles. The van der Waals surface area contributed by atoms with Crippen molar-refractivity contribution in [3.05, 3.63) is 12.3 Å². The van der Waals surface area contributed by atoms with Crippen LogP contribution in [-0.2, 0) is 9.53 Å². The van der Waals surface area contributed by atoms with E-state index in [1.807, 2.05) is 20.8 Å². The summed E-state index contributed by atoms with van der Waals surface area (Å²) in [4.78, 5) is 25.2. The van der Waals surface area contributed by atoms with Crippen molar-refractivity contribution in [2.75, 3.05) is 0 Å². The van der Waals surface area contributed by atoms with Crippen molar-refractivity contribution in [3.63, 3.8) is 0 Å². The van der Waals surface area contributed by atoms with E-state index in [1.165, 1.54) is 6.08 Å². The molecule has 1 heterocycles. The lowest BCUT2D eigenvalue weighted by molar-refractivity contribution is -0.116. The minimum Gasteiger partial charge on any atom is -0.443 e. The predicted octanol–water partition coefficient (Wildman–Crippen LogP) is 3.66. The SMILES string of the molecule is CCCCCC1CC(=O)C=CN1C(=O)OC(C)(C)C. The first-order valence-electron chi connectivity index (χ1n) is 7.06. The third-order valence-corrected chi connectivity index (χ3v) is 3.00. The number of carbonyl (C=O) groups is 2. The van der Waals surface area contributed by atoms with Crippen LogP contribution in [0.3, 0.4) is 0 Å². The van der Waals surface area contributed by atoms with Crippen LogP contribution in [0.1, 0.15) is 59.8 Å². The summed E-state index contributed by atoms with van der Waals surface area (Å²) in [6, 6.07) is -0.0566. The van der Waals surface area contributed by atoms with Gasteiger partial charge in [-0.2, -0.15) is 0 Å². The molecule has 0 bridgehead atoms. The first-order chi connectivity index (χ1) is 8.83. The van der Waals surface area contributed by atoms with Gasteiger partial charge in [0.05, 0.1) is 0 Å². The van der Waals surface area contributed by atoms with Crippen molar-refractivity contribution in [1.82, 2.24) is 4.90 Å². The fourth-order valence-corrected chi connectivity index (χ4v) is 2.08. The molecule has 0 aromatic heterocycles. The number of amides is 1. The lowest BCUT2D eigenvalue weighted by Gasteiger charge is -2.32. The van der Waals surface area contributed by atoms with Crippen LogP contribution < -0.4 is 0 Å². The largest absolute Gasteiger partial charge is 0.443 e. The van der Waals surface area contributed by atoms with Gasteiger partial charge in [0.2, 0.25) is 0 Å². The summed E-state index contributed by atoms with van der Waals surface area (Å²) in [6.45, 7) is 7.67. The number of carbonyl (C=O) groups excluding carboxylic acids is 2. The van der Waals surface area contributed by atoms with Crippen LogP contribution >= 0.6 is 0 Å². The van der Waals surface area contributed by atoms with E-state index in [0.29, 0.717) is 6.42 Å². The second kappa shape index (κ2) is 6.73. The molecular weight excluding hydrogens is 242 g/mol. The minimum absolute atomic E-state index is 0.0566. The van der Waals surface area contributed by atoms with E-state index < -0.39 is 5.60 Å². The number of ether oxygens (including phenoxy) is 1. The Morgan fingerprint density at radius 2 is 2.11 bits per heavy atom. The van der Waals surface area contributed by atoms with Crippen molar-refractivity contribution in [1.29, 1.82) is 0 Å². The van der Waals surface area contributed by atoms with E-state index in [0.717, 1.165) is 25.7 Å². The van der Waals surface area contributed by atoms with Gasteiger partial charge in [-0.3, -0.25) is 9.69 Å². The third kappa shape index (κ3) is 5.45. The summed E-state index contributed by atoms with van der Waals surface area (Å²) in [6.07, 6.45) is 7.19. The number of hydrogen-bond acceptors (Lipinski definition) is 3. The molecule has 4 heteroatoms. The summed E-state index contributed by atoms with van der Waals surface area (Å²) in [5.74, 6) is 0.0845. The van der Waals surface area contributed by atoms with Crippen LogP contribution in [0.25, 0.3) is 0 Å². The summed E-state index contributed by atoms with van der Waals surface area (Å²) >= 11 is 0. The lowest BCUT2D eigenvalue weighted by atomic mass is 9.99. The number of hydrogen-bond donors (Lipinski definition) is 0. The highest BCUT2D eigenvalue weighted by molar-refractivity contribution is 5.92. The van der Waals surface area contributed by atoms with E-state index in [1.54, 1.807) is 11.1 Å². The molecule has 0 spiro atoms. The Hall–Kier alpha value is -1.32. The van der Waals surface area contributed by atoms with Crippen LogP contribution in [-0.4, -0.2) is 28.4 Å². The second-order valence-corrected chi connectivity index (χ2v) is 6.02. The normalized spacial score (nSPS) is 19.7. The molecule has 1 atom stereocenters. The average molecular weight is 267 g/mol. The Morgan fingerprint density at radius 3 is 2.68 bits per heavy atom. The zero-order valence-electron chi connectivity index (χ0n) is 12.4. The molecule has 1 aliphatic rings. The molecule has 1 amide bonds. The standard InChI is InChI=1S/C15H25NO3/c1-5-6-7-8-12-11-13(17)9-10-16(12)14(18)19-15(2,3)4/h9-10,12H,5-8,11H2,1-4H3. The fraction of sp³-hybridized carbons (Fsp3) is 0.733. The molecular formula is C15H25NO3. The fourth-order valence-electron chi connectivity index (χ4n) is 2.08. The van der Waals surface area contributed by atoms with Gasteiger partial charge in [-0.25, -0.2) is 4.79 Å². The van der Waals surface area contributed by atoms with Crippen molar-refractivity contribution >= 4 is 11.9 Å². The summed E-state index contributed by atoms with van der Waals surface area (Å²) in [7, 11) is 0. The number of rotatable bonds is 4. The van der Waals surface area contributed by atoms with Gasteiger partial charge >= 0.3 is 6.09 Å². The van der Waals surface area contributed by atoms with Crippen LogP contribution in [0.2, 0.25) is 0 Å². The van der Waals surface area contributed by atoms with E-state index in [4.69, 9.17) is 4.74 Å². The maximum Gasteiger partial charge on any atom is 0.414 e. The van der Waals surface area contributed by atoms with Gasteiger partial charge in [0.1, 0.15) is 5.60 Å². The van der Waals surface area contributed by atoms with Gasteiger partial charge in [0.25, 0.3) is 0 Å². The Balaban J connectivity index is 2.67. The zero-order valence-corrected chi connectivity index (χ0v) is 12.4. The molecule has 19 heavy (non-hydrogen) atoms. The van der Waals surface area contributed by atoms with Crippen LogP contribution in [0.4, 0.5) is 4.79 Å². The maximum atomic E-state index is 12.1. The molecule has 4 nitrogen and oxygen atoms in total. The number of unbranched alkanes of at least 4 members (excludes halogenated alkanes) is 2. The highest BCUT2D eigenvalue weighted by atomic mass is 16.6. The van der Waals surface area contributed by atoms with Crippen LogP contribution in [0.5, 0.6) is 0 Å². The van der Waals surface area contributed by atoms with Crippen molar-refractivity contribution < 1.29 is 14.3 Å². The number of allylic oxidation sites excluding steroid dienone is 1. The minimum atomic E-state index is -0.514. The first-order valence-corrected chi connectivity index (χ1v) is 7.06. The molecule has 0 radical (unpaired) electrons. The first kappa shape index (κ1) is 15.7. The lowest BCUT2D eigenvalue weighted by Crippen LogP contribution is -2.42. The molecule has 0 aromatic rings. The molecule has 0 aliphatic carbocycles. The van der Waals surface area contributed by atoms with E-state index in [-0.39, 0.29) is 17.9 Å². The molecule has 1 aliphatic heterocycles. The highest BCUT2D eigenvalue weighted by Crippen LogP contribution is 2.21. The topological polar surface area (TPSA) is 46.6 Å². The van der Waals surface area contributed by atoms with Gasteiger partial charge in [-0.05, 0) is 33.3 Å². The van der Waals surface area contributed by atoms with Gasteiger partial charge in [-0.1, -0.05) is 26.2 Å². The van der Waals surface area contributed by atoms with Crippen molar-refractivity contribution in [3.8, 4) is 0 Å². The zero-order chi connectivity index (χ0) is 14.5. The van der Waals surface area contributed by atoms with E-state index >= 15 is 0 Å². The van der Waals surface area contributed by atoms with E-state index in [2.05, 4.69) is 6.92 Å². The monoisotopic (exact) mass is 267 g/mol. The molecule has 1 unspecified atom stereocenters. The molecule has 0 N–H and O–H groups in total. The van der Waals surface area contributed by atoms with Gasteiger partial charge in [0.15, 0.2) is 5.78 Å². The average Bonchev–Trinajstić information content (AvgIpc) is 2.27. The van der Waals surface area contributed by atoms with Crippen molar-refractivity contribution in [2.24, 2.45) is 0 Å². The van der Waals surface area contributed by atoms with Crippen LogP contribution in [0, 0.1) is 0 Å². The van der Waals surface area contributed by atoms with Crippen molar-refractivity contribution in [2.45, 2.75) is 71.4 Å². The molecule has 1 rings (SSSR count). The summed E-state index contributed by atoms with van der Waals surface area (Å²) < 4.78 is 5.37. The quantitative estimate of drug-likeness (QED) is 0.730. The van der Waals surface area contributed by atoms with E-state index in [9.17, 15) is 9.59 Å². The van der Waals surface area contributed by atoms with Crippen LogP contribution in [0.15, 0.2) is 12.3 Å². The maximum absolute atomic E-state index is 12.1. The third-order valence-electron chi connectivity index (χ3n) is 3.00. The molecule has 0 saturated heterocycles. The Labute approximate surface area is 115 Å². The Morgan fingerprint density at radius 1 is 1.42 bits per heavy atom. The summed E-state index contributed by atoms with van der Waals surface area (Å²) in [5, 5.41) is 0. The Kier molecular flexibility index (Phi) is 5.58. The highest BCUT2D eigenvalue weighted by Gasteiger charge is 2.30. The number of ketones is 1. The number of nitrogens with zero attached hydrogens (tertiary/aromatic N) is 1. The Bertz CT molecular complexity index is 355. The second-order valence-electron chi connectivity index (χ2n) is 6.02. The molecule has 0 fully saturated rings. The van der Waals surface area contributed by atoms with Gasteiger partial charge in [-0.15, -0.1) is 0 Å². The summed E-state index contributed by atoms with van der Waals surface area (Å²) in [5.41, 5.74) is -0.514. The smallest absolute Gasteiger partial charge is 0.414 e. The molecule has 0 aromatic carbocycles. The van der Waals surface area contributed by atoms with Gasteiger partial charge in [0, 0.05) is 18.7 Å². The molecule has 108 valence electrons. The predicted molar refractivity (Wildman–Crippen MR) is 74.8 cm³/mol.